The Morgan fingerprint density at radius 3 is 2.56 bits per heavy atom. The van der Waals surface area contributed by atoms with Crippen molar-refractivity contribution < 1.29 is 4.74 Å². The third-order valence-electron chi connectivity index (χ3n) is 3.09. The quantitative estimate of drug-likeness (QED) is 0.835. The summed E-state index contributed by atoms with van der Waals surface area (Å²) in [5, 5.41) is 4.87. The number of hydrogen-bond acceptors (Lipinski definition) is 2. The first-order valence-corrected chi connectivity index (χ1v) is 6.91. The van der Waals surface area contributed by atoms with Crippen LogP contribution in [0.25, 0.3) is 0 Å². The zero-order valence-corrected chi connectivity index (χ0v) is 12.9. The van der Waals surface area contributed by atoms with Gasteiger partial charge >= 0.3 is 0 Å². The van der Waals surface area contributed by atoms with Gasteiger partial charge in [-0.25, -0.2) is 0 Å². The first-order valence-electron chi connectivity index (χ1n) is 6.16. The Morgan fingerprint density at radius 1 is 1.33 bits per heavy atom. The van der Waals surface area contributed by atoms with Crippen LogP contribution in [0.4, 0.5) is 0 Å². The van der Waals surface area contributed by atoms with Crippen molar-refractivity contribution in [2.45, 2.75) is 38.8 Å². The van der Waals surface area contributed by atoms with Gasteiger partial charge < -0.3 is 10.1 Å². The van der Waals surface area contributed by atoms with E-state index in [-0.39, 0.29) is 11.6 Å². The van der Waals surface area contributed by atoms with E-state index in [0.717, 1.165) is 18.5 Å². The van der Waals surface area contributed by atoms with Gasteiger partial charge in [0.1, 0.15) is 0 Å². The van der Waals surface area contributed by atoms with Crippen LogP contribution in [0.1, 0.15) is 38.8 Å². The molecule has 0 saturated carbocycles. The Labute approximate surface area is 120 Å². The van der Waals surface area contributed by atoms with Crippen molar-refractivity contribution >= 4 is 23.2 Å². The molecule has 0 radical (unpaired) electrons. The largest absolute Gasteiger partial charge is 0.377 e. The minimum Gasteiger partial charge on any atom is -0.377 e. The number of benzene rings is 1. The van der Waals surface area contributed by atoms with Crippen LogP contribution in [0.2, 0.25) is 10.0 Å². The summed E-state index contributed by atoms with van der Waals surface area (Å²) in [5.74, 6) is 0. The molecule has 0 fully saturated rings. The number of rotatable bonds is 6. The summed E-state index contributed by atoms with van der Waals surface area (Å²) in [6.45, 7) is 7.11. The van der Waals surface area contributed by atoms with Gasteiger partial charge in [-0.2, -0.15) is 0 Å². The minimum atomic E-state index is -0.358. The van der Waals surface area contributed by atoms with E-state index < -0.39 is 0 Å². The fourth-order valence-corrected chi connectivity index (χ4v) is 2.28. The monoisotopic (exact) mass is 289 g/mol. The van der Waals surface area contributed by atoms with Gasteiger partial charge in [-0.05, 0) is 50.6 Å². The molecule has 18 heavy (non-hydrogen) atoms. The Morgan fingerprint density at radius 2 is 2.00 bits per heavy atom. The van der Waals surface area contributed by atoms with E-state index in [4.69, 9.17) is 27.9 Å². The maximum atomic E-state index is 6.28. The zero-order chi connectivity index (χ0) is 13.8. The molecule has 0 aliphatic rings. The van der Waals surface area contributed by atoms with Gasteiger partial charge in [0, 0.05) is 17.2 Å². The average molecular weight is 290 g/mol. The van der Waals surface area contributed by atoms with Crippen LogP contribution in [-0.2, 0) is 4.74 Å². The van der Waals surface area contributed by atoms with Crippen molar-refractivity contribution in [1.29, 1.82) is 0 Å². The molecule has 0 bridgehead atoms. The average Bonchev–Trinajstić information content (AvgIpc) is 2.33. The van der Waals surface area contributed by atoms with Gasteiger partial charge in [-0.1, -0.05) is 30.1 Å². The first-order chi connectivity index (χ1) is 8.42. The van der Waals surface area contributed by atoms with Crippen LogP contribution in [0, 0.1) is 0 Å². The SMILES string of the molecule is CCCNC(c1cc(Cl)ccc1Cl)C(C)(C)OC. The van der Waals surface area contributed by atoms with Crippen molar-refractivity contribution in [2.24, 2.45) is 0 Å². The van der Waals surface area contributed by atoms with Gasteiger partial charge in [0.15, 0.2) is 0 Å². The molecule has 1 N–H and O–H groups in total. The molecular weight excluding hydrogens is 269 g/mol. The first kappa shape index (κ1) is 15.8. The van der Waals surface area contributed by atoms with E-state index in [1.54, 1.807) is 13.2 Å². The van der Waals surface area contributed by atoms with E-state index in [0.29, 0.717) is 10.0 Å². The predicted molar refractivity (Wildman–Crippen MR) is 78.6 cm³/mol. The molecule has 0 saturated heterocycles. The summed E-state index contributed by atoms with van der Waals surface area (Å²) in [4.78, 5) is 0. The molecule has 0 aromatic heterocycles. The summed E-state index contributed by atoms with van der Waals surface area (Å²) < 4.78 is 5.58. The second-order valence-electron chi connectivity index (χ2n) is 4.86. The Balaban J connectivity index is 3.12. The van der Waals surface area contributed by atoms with Crippen molar-refractivity contribution in [3.63, 3.8) is 0 Å². The molecule has 0 aliphatic heterocycles. The molecule has 0 heterocycles. The summed E-state index contributed by atoms with van der Waals surface area (Å²) in [6.07, 6.45) is 1.05. The molecule has 1 aromatic rings. The van der Waals surface area contributed by atoms with Gasteiger partial charge in [-0.3, -0.25) is 0 Å². The van der Waals surface area contributed by atoms with Gasteiger partial charge in [0.25, 0.3) is 0 Å². The molecule has 2 nitrogen and oxygen atoms in total. The van der Waals surface area contributed by atoms with Gasteiger partial charge in [0.05, 0.1) is 11.6 Å². The number of hydrogen-bond donors (Lipinski definition) is 1. The molecule has 1 atom stereocenters. The highest BCUT2D eigenvalue weighted by Crippen LogP contribution is 2.34. The third-order valence-corrected chi connectivity index (χ3v) is 3.67. The number of nitrogens with one attached hydrogen (secondary N) is 1. The van der Waals surface area contributed by atoms with E-state index >= 15 is 0 Å². The summed E-state index contributed by atoms with van der Waals surface area (Å²) in [6, 6.07) is 5.53. The van der Waals surface area contributed by atoms with Crippen LogP contribution < -0.4 is 5.32 Å². The predicted octanol–water partition coefficient (Wildman–Crippen LogP) is 4.46. The second kappa shape index (κ2) is 6.76. The van der Waals surface area contributed by atoms with E-state index in [2.05, 4.69) is 12.2 Å². The number of halogens is 2. The normalized spacial score (nSPS) is 13.7. The highest BCUT2D eigenvalue weighted by molar-refractivity contribution is 6.33. The second-order valence-corrected chi connectivity index (χ2v) is 5.70. The zero-order valence-electron chi connectivity index (χ0n) is 11.4. The standard InChI is InChI=1S/C14H21Cl2NO/c1-5-8-17-13(14(2,3)18-4)11-9-10(15)6-7-12(11)16/h6-7,9,13,17H,5,8H2,1-4H3. The lowest BCUT2D eigenvalue weighted by atomic mass is 9.91. The van der Waals surface area contributed by atoms with Crippen LogP contribution in [-0.4, -0.2) is 19.3 Å². The maximum absolute atomic E-state index is 6.28. The summed E-state index contributed by atoms with van der Waals surface area (Å²) in [5.41, 5.74) is 0.619. The fourth-order valence-electron chi connectivity index (χ4n) is 1.87. The van der Waals surface area contributed by atoms with Crippen LogP contribution >= 0.6 is 23.2 Å². The van der Waals surface area contributed by atoms with Crippen LogP contribution in [0.5, 0.6) is 0 Å². The summed E-state index contributed by atoms with van der Waals surface area (Å²) >= 11 is 12.3. The summed E-state index contributed by atoms with van der Waals surface area (Å²) in [7, 11) is 1.71. The Hall–Kier alpha value is -0.280. The molecule has 1 unspecified atom stereocenters. The van der Waals surface area contributed by atoms with Gasteiger partial charge in [-0.15, -0.1) is 0 Å². The highest BCUT2D eigenvalue weighted by atomic mass is 35.5. The smallest absolute Gasteiger partial charge is 0.0817 e. The maximum Gasteiger partial charge on any atom is 0.0817 e. The molecule has 102 valence electrons. The Bertz CT molecular complexity index is 393. The highest BCUT2D eigenvalue weighted by Gasteiger charge is 2.31. The lowest BCUT2D eigenvalue weighted by molar-refractivity contribution is -0.0110. The van der Waals surface area contributed by atoms with Gasteiger partial charge in [0.2, 0.25) is 0 Å². The van der Waals surface area contributed by atoms with E-state index in [1.807, 2.05) is 26.0 Å². The van der Waals surface area contributed by atoms with Crippen molar-refractivity contribution in [1.82, 2.24) is 5.32 Å². The molecule has 0 aliphatic carbocycles. The van der Waals surface area contributed by atoms with Crippen LogP contribution in [0.15, 0.2) is 18.2 Å². The number of ether oxygens (including phenoxy) is 1. The lowest BCUT2D eigenvalue weighted by Gasteiger charge is -2.35. The number of methoxy groups -OCH3 is 1. The van der Waals surface area contributed by atoms with E-state index in [9.17, 15) is 0 Å². The van der Waals surface area contributed by atoms with Crippen molar-refractivity contribution in [2.75, 3.05) is 13.7 Å². The molecule has 0 amide bonds. The Kier molecular flexibility index (Phi) is 5.93. The van der Waals surface area contributed by atoms with Crippen molar-refractivity contribution in [3.05, 3.63) is 33.8 Å². The molecule has 1 rings (SSSR count). The fraction of sp³-hybridized carbons (Fsp3) is 0.571. The third kappa shape index (κ3) is 3.86. The van der Waals surface area contributed by atoms with E-state index in [1.165, 1.54) is 0 Å². The van der Waals surface area contributed by atoms with Crippen molar-refractivity contribution in [3.8, 4) is 0 Å². The molecule has 1 aromatic carbocycles. The molecule has 4 heteroatoms. The van der Waals surface area contributed by atoms with Crippen LogP contribution in [0.3, 0.4) is 0 Å². The lowest BCUT2D eigenvalue weighted by Crippen LogP contribution is -2.41. The minimum absolute atomic E-state index is 0.00801. The topological polar surface area (TPSA) is 21.3 Å². The molecule has 0 spiro atoms. The molecular formula is C14H21Cl2NO.